The third kappa shape index (κ3) is 6.27. The number of benzene rings is 1. The number of carbonyl (C=O) groups is 2. The second kappa shape index (κ2) is 11.3. The Morgan fingerprint density at radius 3 is 2.49 bits per heavy atom. The van der Waals surface area contributed by atoms with Crippen molar-refractivity contribution in [2.45, 2.75) is 36.7 Å². The number of anilines is 1. The molecule has 1 saturated heterocycles. The number of piperidine rings is 1. The van der Waals surface area contributed by atoms with Crippen molar-refractivity contribution in [3.63, 3.8) is 0 Å². The quantitative estimate of drug-likeness (QED) is 0.385. The molecule has 35 heavy (non-hydrogen) atoms. The molecule has 1 aromatic heterocycles. The third-order valence-corrected chi connectivity index (χ3v) is 7.98. The van der Waals surface area contributed by atoms with E-state index in [-0.39, 0.29) is 58.6 Å². The molecule has 3 rings (SSSR count). The van der Waals surface area contributed by atoms with E-state index in [1.165, 1.54) is 12.0 Å². The molecule has 0 saturated carbocycles. The Morgan fingerprint density at radius 2 is 1.91 bits per heavy atom. The molecule has 1 amide bonds. The van der Waals surface area contributed by atoms with Crippen LogP contribution in [0.5, 0.6) is 0 Å². The van der Waals surface area contributed by atoms with Gasteiger partial charge in [0, 0.05) is 25.8 Å². The zero-order chi connectivity index (χ0) is 25.8. The number of halogens is 2. The minimum absolute atomic E-state index is 0.0309. The van der Waals surface area contributed by atoms with E-state index in [4.69, 9.17) is 33.7 Å². The number of nitriles is 1. The lowest BCUT2D eigenvalue weighted by Gasteiger charge is -2.33. The Bertz CT molecular complexity index is 1230. The van der Waals surface area contributed by atoms with Crippen LogP contribution in [-0.2, 0) is 30.9 Å². The number of carbonyl (C=O) groups excluding carboxylic acids is 2. The fraction of sp³-hybridized carbons (Fsp3) is 0.409. The maximum absolute atomic E-state index is 13.4. The van der Waals surface area contributed by atoms with Gasteiger partial charge in [-0.1, -0.05) is 23.2 Å². The normalized spacial score (nSPS) is 15.4. The highest BCUT2D eigenvalue weighted by atomic mass is 35.5. The number of sulfonamides is 1. The number of aromatic nitrogens is 1. The number of likely N-dealkylation sites (tertiary alicyclic amines) is 1. The Balaban J connectivity index is 1.83. The highest BCUT2D eigenvalue weighted by Crippen LogP contribution is 2.31. The van der Waals surface area contributed by atoms with Crippen LogP contribution in [0.25, 0.3) is 0 Å². The lowest BCUT2D eigenvalue weighted by molar-refractivity contribution is -0.149. The average Bonchev–Trinajstić information content (AvgIpc) is 3.31. The summed E-state index contributed by atoms with van der Waals surface area (Å²) in [6.45, 7) is 0.781. The summed E-state index contributed by atoms with van der Waals surface area (Å²) in [6, 6.07) is 6.54. The van der Waals surface area contributed by atoms with E-state index in [9.17, 15) is 23.3 Å². The van der Waals surface area contributed by atoms with Crippen molar-refractivity contribution in [1.82, 2.24) is 14.2 Å². The van der Waals surface area contributed by atoms with Gasteiger partial charge in [0.05, 0.1) is 33.7 Å². The molecule has 2 aromatic rings. The third-order valence-electron chi connectivity index (χ3n) is 5.90. The number of aryl methyl sites for hydroxylation is 1. The Labute approximate surface area is 213 Å². The van der Waals surface area contributed by atoms with Gasteiger partial charge >= 0.3 is 5.97 Å². The molecular formula is C22H25Cl2N5O5S. The number of nitrogens with two attached hydrogens (primary N) is 1. The van der Waals surface area contributed by atoms with Crippen LogP contribution in [0.1, 0.15) is 25.0 Å². The van der Waals surface area contributed by atoms with E-state index in [1.807, 2.05) is 6.07 Å². The lowest BCUT2D eigenvalue weighted by Crippen LogP contribution is -2.51. The molecule has 10 nitrogen and oxygen atoms in total. The topological polar surface area (TPSA) is 148 Å². The number of hydrogen-bond donors (Lipinski definition) is 2. The molecule has 1 aliphatic rings. The van der Waals surface area contributed by atoms with Gasteiger partial charge in [-0.15, -0.1) is 0 Å². The van der Waals surface area contributed by atoms with Gasteiger partial charge < -0.3 is 19.9 Å². The minimum atomic E-state index is -4.21. The molecule has 188 valence electrons. The smallest absolute Gasteiger partial charge is 0.308 e. The highest BCUT2D eigenvalue weighted by Gasteiger charge is 2.33. The number of amides is 1. The van der Waals surface area contributed by atoms with Crippen LogP contribution in [0.3, 0.4) is 0 Å². The molecule has 13 heteroatoms. The SMILES string of the molecule is COC(=O)C1CCN(C(=O)C(CCn2cccc2C#N)NS(=O)(=O)c2cc(Cl)c(N)c(Cl)c2)CC1. The van der Waals surface area contributed by atoms with Crippen LogP contribution in [0, 0.1) is 17.2 Å². The number of methoxy groups -OCH3 is 1. The van der Waals surface area contributed by atoms with Gasteiger partial charge in [0.15, 0.2) is 0 Å². The van der Waals surface area contributed by atoms with Gasteiger partial charge in [-0.05, 0) is 43.5 Å². The summed E-state index contributed by atoms with van der Waals surface area (Å²) in [4.78, 5) is 26.5. The van der Waals surface area contributed by atoms with Gasteiger partial charge in [0.1, 0.15) is 17.8 Å². The number of rotatable bonds is 8. The predicted molar refractivity (Wildman–Crippen MR) is 130 cm³/mol. The number of ether oxygens (including phenoxy) is 1. The van der Waals surface area contributed by atoms with Gasteiger partial charge in [-0.2, -0.15) is 9.98 Å². The lowest BCUT2D eigenvalue weighted by atomic mass is 9.96. The molecule has 3 N–H and O–H groups in total. The fourth-order valence-corrected chi connectivity index (χ4v) is 5.80. The second-order valence-electron chi connectivity index (χ2n) is 8.08. The van der Waals surface area contributed by atoms with E-state index >= 15 is 0 Å². The monoisotopic (exact) mass is 541 g/mol. The first-order valence-corrected chi connectivity index (χ1v) is 13.0. The van der Waals surface area contributed by atoms with Crippen LogP contribution >= 0.6 is 23.2 Å². The van der Waals surface area contributed by atoms with E-state index in [1.54, 1.807) is 22.9 Å². The van der Waals surface area contributed by atoms with Crippen molar-refractivity contribution >= 4 is 50.8 Å². The average molecular weight is 542 g/mol. The zero-order valence-corrected chi connectivity index (χ0v) is 21.2. The summed E-state index contributed by atoms with van der Waals surface area (Å²) >= 11 is 12.0. The first-order chi connectivity index (χ1) is 16.6. The van der Waals surface area contributed by atoms with Gasteiger partial charge in [-0.3, -0.25) is 9.59 Å². The van der Waals surface area contributed by atoms with Gasteiger partial charge in [0.2, 0.25) is 15.9 Å². The van der Waals surface area contributed by atoms with E-state index < -0.39 is 22.0 Å². The number of nitrogen functional groups attached to an aromatic ring is 1. The fourth-order valence-electron chi connectivity index (χ4n) is 3.91. The van der Waals surface area contributed by atoms with Crippen molar-refractivity contribution < 1.29 is 22.7 Å². The molecule has 1 aliphatic heterocycles. The largest absolute Gasteiger partial charge is 0.469 e. The number of nitrogens with one attached hydrogen (secondary N) is 1. The van der Waals surface area contributed by atoms with Crippen LogP contribution in [0.15, 0.2) is 35.4 Å². The standard InChI is InChI=1S/C22H25Cl2N5O5S/c1-34-22(31)14-4-8-29(9-5-14)21(30)19(6-10-28-7-2-3-15(28)13-25)27-35(32,33)16-11-17(23)20(26)18(24)12-16/h2-3,7,11-12,14,19,27H,4-6,8-10,26H2,1H3. The van der Waals surface area contributed by atoms with Crippen molar-refractivity contribution in [2.24, 2.45) is 5.92 Å². The van der Waals surface area contributed by atoms with Crippen LogP contribution in [0.2, 0.25) is 10.0 Å². The van der Waals surface area contributed by atoms with Crippen molar-refractivity contribution in [3.8, 4) is 6.07 Å². The summed E-state index contributed by atoms with van der Waals surface area (Å²) in [6.07, 6.45) is 2.58. The van der Waals surface area contributed by atoms with Gasteiger partial charge in [-0.25, -0.2) is 8.42 Å². The summed E-state index contributed by atoms with van der Waals surface area (Å²) < 4.78 is 35.2. The zero-order valence-electron chi connectivity index (χ0n) is 18.9. The summed E-state index contributed by atoms with van der Waals surface area (Å²) in [5.41, 5.74) is 6.14. The van der Waals surface area contributed by atoms with Crippen LogP contribution in [0.4, 0.5) is 5.69 Å². The molecule has 1 fully saturated rings. The maximum atomic E-state index is 13.4. The number of esters is 1. The van der Waals surface area contributed by atoms with Crippen molar-refractivity contribution in [3.05, 3.63) is 46.2 Å². The maximum Gasteiger partial charge on any atom is 0.308 e. The minimum Gasteiger partial charge on any atom is -0.469 e. The van der Waals surface area contributed by atoms with Crippen molar-refractivity contribution in [1.29, 1.82) is 5.26 Å². The van der Waals surface area contributed by atoms with E-state index in [0.717, 1.165) is 12.1 Å². The Morgan fingerprint density at radius 1 is 1.29 bits per heavy atom. The van der Waals surface area contributed by atoms with Crippen LogP contribution < -0.4 is 10.5 Å². The van der Waals surface area contributed by atoms with E-state index in [2.05, 4.69) is 4.72 Å². The predicted octanol–water partition coefficient (Wildman–Crippen LogP) is 2.40. The number of hydrogen-bond acceptors (Lipinski definition) is 7. The molecule has 0 spiro atoms. The molecule has 0 bridgehead atoms. The highest BCUT2D eigenvalue weighted by molar-refractivity contribution is 7.89. The molecule has 1 aromatic carbocycles. The Kier molecular flexibility index (Phi) is 8.66. The second-order valence-corrected chi connectivity index (χ2v) is 10.6. The molecule has 0 aliphatic carbocycles. The first kappa shape index (κ1) is 26.8. The van der Waals surface area contributed by atoms with Crippen molar-refractivity contribution in [2.75, 3.05) is 25.9 Å². The molecule has 2 heterocycles. The molecular weight excluding hydrogens is 517 g/mol. The van der Waals surface area contributed by atoms with Crippen LogP contribution in [-0.4, -0.2) is 56.0 Å². The molecule has 0 radical (unpaired) electrons. The molecule has 1 unspecified atom stereocenters. The van der Waals surface area contributed by atoms with Gasteiger partial charge in [0.25, 0.3) is 0 Å². The number of nitrogens with zero attached hydrogens (tertiary/aromatic N) is 3. The molecule has 1 atom stereocenters. The summed E-state index contributed by atoms with van der Waals surface area (Å²) in [5.74, 6) is -1.07. The summed E-state index contributed by atoms with van der Waals surface area (Å²) in [7, 11) is -2.89. The first-order valence-electron chi connectivity index (χ1n) is 10.8. The summed E-state index contributed by atoms with van der Waals surface area (Å²) in [5, 5.41) is 9.19. The Hall–Kier alpha value is -2.78. The van der Waals surface area contributed by atoms with E-state index in [0.29, 0.717) is 18.5 Å².